The summed E-state index contributed by atoms with van der Waals surface area (Å²) in [4.78, 5) is 10.7. The normalized spacial score (nSPS) is 11.7. The van der Waals surface area contributed by atoms with Crippen LogP contribution in [0.5, 0.6) is 0 Å². The second kappa shape index (κ2) is 8.89. The van der Waals surface area contributed by atoms with Crippen molar-refractivity contribution >= 4 is 5.96 Å². The summed E-state index contributed by atoms with van der Waals surface area (Å²) in [6, 6.07) is 10.5. The monoisotopic (exact) mass is 315 g/mol. The number of aliphatic imine (C=N–C) groups is 1. The summed E-state index contributed by atoms with van der Waals surface area (Å²) in [5, 5.41) is 10.6. The fourth-order valence-electron chi connectivity index (χ4n) is 2.20. The number of nitrogens with one attached hydrogen (secondary N) is 2. The fraction of sp³-hybridized carbons (Fsp3) is 0.438. The van der Waals surface area contributed by atoms with Crippen molar-refractivity contribution in [3.8, 4) is 0 Å². The molecular formula is C16H25N7. The van der Waals surface area contributed by atoms with Crippen molar-refractivity contribution in [2.45, 2.75) is 13.1 Å². The van der Waals surface area contributed by atoms with Crippen molar-refractivity contribution in [1.29, 1.82) is 0 Å². The Kier molecular flexibility index (Phi) is 6.56. The maximum Gasteiger partial charge on any atom is 0.191 e. The Hall–Kier alpha value is -2.41. The lowest BCUT2D eigenvalue weighted by atomic mass is 10.2. The molecule has 23 heavy (non-hydrogen) atoms. The van der Waals surface area contributed by atoms with Crippen LogP contribution >= 0.6 is 0 Å². The van der Waals surface area contributed by atoms with Gasteiger partial charge in [0.1, 0.15) is 12.2 Å². The van der Waals surface area contributed by atoms with Gasteiger partial charge in [-0.2, -0.15) is 5.10 Å². The minimum atomic E-state index is 0.593. The highest BCUT2D eigenvalue weighted by atomic mass is 15.3. The molecule has 0 saturated carbocycles. The van der Waals surface area contributed by atoms with Crippen molar-refractivity contribution < 1.29 is 0 Å². The van der Waals surface area contributed by atoms with Crippen molar-refractivity contribution in [3.05, 3.63) is 48.0 Å². The molecule has 0 radical (unpaired) electrons. The second-order valence-electron chi connectivity index (χ2n) is 5.38. The molecule has 0 fully saturated rings. The Labute approximate surface area is 137 Å². The number of hydrogen-bond acceptors (Lipinski definition) is 4. The molecule has 2 N–H and O–H groups in total. The van der Waals surface area contributed by atoms with Gasteiger partial charge in [-0.3, -0.25) is 9.67 Å². The summed E-state index contributed by atoms with van der Waals surface area (Å²) in [6.45, 7) is 3.28. The predicted molar refractivity (Wildman–Crippen MR) is 92.0 cm³/mol. The highest BCUT2D eigenvalue weighted by molar-refractivity contribution is 5.79. The average Bonchev–Trinajstić information content (AvgIpc) is 2.97. The molecule has 0 aliphatic carbocycles. The van der Waals surface area contributed by atoms with Crippen LogP contribution in [0.15, 0.2) is 41.7 Å². The van der Waals surface area contributed by atoms with E-state index in [1.54, 1.807) is 18.1 Å². The smallest absolute Gasteiger partial charge is 0.191 e. The summed E-state index contributed by atoms with van der Waals surface area (Å²) in [6.07, 6.45) is 1.55. The van der Waals surface area contributed by atoms with Crippen LogP contribution in [0.2, 0.25) is 0 Å². The number of benzene rings is 1. The Morgan fingerprint density at radius 2 is 2.04 bits per heavy atom. The summed E-state index contributed by atoms with van der Waals surface area (Å²) in [7, 11) is 5.75. The van der Waals surface area contributed by atoms with Gasteiger partial charge in [0.25, 0.3) is 0 Å². The molecule has 1 heterocycles. The largest absolute Gasteiger partial charge is 0.355 e. The van der Waals surface area contributed by atoms with Crippen LogP contribution < -0.4 is 10.6 Å². The van der Waals surface area contributed by atoms with Crippen LogP contribution in [-0.4, -0.2) is 52.8 Å². The maximum absolute atomic E-state index is 4.22. The minimum Gasteiger partial charge on any atom is -0.355 e. The third kappa shape index (κ3) is 5.71. The molecule has 0 aliphatic rings. The number of aryl methyl sites for hydroxylation is 1. The SMILES string of the molecule is CN=C(NCCN(C)Cc1ccccc1)NCc1ncnn1C. The van der Waals surface area contributed by atoms with Crippen LogP contribution in [0.3, 0.4) is 0 Å². The quantitative estimate of drug-likeness (QED) is 0.579. The number of aromatic nitrogens is 3. The number of nitrogens with zero attached hydrogens (tertiary/aromatic N) is 5. The predicted octanol–water partition coefficient (Wildman–Crippen LogP) is 0.612. The van der Waals surface area contributed by atoms with Crippen molar-refractivity contribution in [2.24, 2.45) is 12.0 Å². The molecule has 1 aromatic heterocycles. The number of guanidine groups is 1. The third-order valence-corrected chi connectivity index (χ3v) is 3.52. The van der Waals surface area contributed by atoms with Gasteiger partial charge in [-0.1, -0.05) is 30.3 Å². The van der Waals surface area contributed by atoms with E-state index in [4.69, 9.17) is 0 Å². The van der Waals surface area contributed by atoms with E-state index in [0.29, 0.717) is 6.54 Å². The van der Waals surface area contributed by atoms with Crippen LogP contribution in [0.4, 0.5) is 0 Å². The van der Waals surface area contributed by atoms with E-state index < -0.39 is 0 Å². The molecule has 0 atom stereocenters. The van der Waals surface area contributed by atoms with Crippen molar-refractivity contribution in [1.82, 2.24) is 30.3 Å². The van der Waals surface area contributed by atoms with Crippen LogP contribution in [0, 0.1) is 0 Å². The molecule has 0 bridgehead atoms. The van der Waals surface area contributed by atoms with Crippen LogP contribution in [0.1, 0.15) is 11.4 Å². The van der Waals surface area contributed by atoms with Crippen LogP contribution in [0.25, 0.3) is 0 Å². The number of likely N-dealkylation sites (N-methyl/N-ethyl adjacent to an activating group) is 1. The molecule has 2 aromatic rings. The molecule has 7 heteroatoms. The Bertz CT molecular complexity index is 606. The molecule has 0 amide bonds. The van der Waals surface area contributed by atoms with Crippen molar-refractivity contribution in [3.63, 3.8) is 0 Å². The average molecular weight is 315 g/mol. The van der Waals surface area contributed by atoms with Crippen molar-refractivity contribution in [2.75, 3.05) is 27.2 Å². The van der Waals surface area contributed by atoms with Gasteiger partial charge >= 0.3 is 0 Å². The zero-order chi connectivity index (χ0) is 16.5. The first-order valence-corrected chi connectivity index (χ1v) is 7.69. The lowest BCUT2D eigenvalue weighted by Gasteiger charge is -2.18. The first kappa shape index (κ1) is 17.0. The van der Waals surface area contributed by atoms with Gasteiger partial charge < -0.3 is 15.5 Å². The highest BCUT2D eigenvalue weighted by Crippen LogP contribution is 2.01. The standard InChI is InChI=1S/C16H25N7/c1-17-16(19-11-15-20-13-21-23(15)3)18-9-10-22(2)12-14-7-5-4-6-8-14/h4-8,13H,9-12H2,1-3H3,(H2,17,18,19). The van der Waals surface area contributed by atoms with Gasteiger partial charge in [-0.15, -0.1) is 0 Å². The van der Waals surface area contributed by atoms with Gasteiger partial charge in [0.15, 0.2) is 5.96 Å². The van der Waals surface area contributed by atoms with E-state index in [1.165, 1.54) is 5.56 Å². The molecular weight excluding hydrogens is 290 g/mol. The van der Waals surface area contributed by atoms with Crippen LogP contribution in [-0.2, 0) is 20.1 Å². The van der Waals surface area contributed by atoms with Gasteiger partial charge in [-0.05, 0) is 12.6 Å². The molecule has 7 nitrogen and oxygen atoms in total. The molecule has 2 rings (SSSR count). The number of rotatable bonds is 7. The topological polar surface area (TPSA) is 70.4 Å². The second-order valence-corrected chi connectivity index (χ2v) is 5.38. The van der Waals surface area contributed by atoms with E-state index in [-0.39, 0.29) is 0 Å². The van der Waals surface area contributed by atoms with E-state index in [1.807, 2.05) is 13.1 Å². The Balaban J connectivity index is 1.68. The number of hydrogen-bond donors (Lipinski definition) is 2. The highest BCUT2D eigenvalue weighted by Gasteiger charge is 2.04. The minimum absolute atomic E-state index is 0.593. The first-order chi connectivity index (χ1) is 11.2. The Morgan fingerprint density at radius 3 is 2.70 bits per heavy atom. The summed E-state index contributed by atoms with van der Waals surface area (Å²) in [5.41, 5.74) is 1.32. The maximum atomic E-state index is 4.22. The van der Waals surface area contributed by atoms with E-state index in [2.05, 4.69) is 61.9 Å². The Morgan fingerprint density at radius 1 is 1.26 bits per heavy atom. The molecule has 0 spiro atoms. The van der Waals surface area contributed by atoms with E-state index in [9.17, 15) is 0 Å². The first-order valence-electron chi connectivity index (χ1n) is 7.69. The summed E-state index contributed by atoms with van der Waals surface area (Å²) < 4.78 is 1.74. The molecule has 0 unspecified atom stereocenters. The van der Waals surface area contributed by atoms with Gasteiger partial charge in [-0.25, -0.2) is 4.98 Å². The summed E-state index contributed by atoms with van der Waals surface area (Å²) in [5.74, 6) is 1.63. The molecule has 0 aliphatic heterocycles. The van der Waals surface area contributed by atoms with Gasteiger partial charge in [0.05, 0.1) is 6.54 Å². The van der Waals surface area contributed by atoms with E-state index >= 15 is 0 Å². The third-order valence-electron chi connectivity index (χ3n) is 3.52. The molecule has 0 saturated heterocycles. The lowest BCUT2D eigenvalue weighted by Crippen LogP contribution is -2.40. The zero-order valence-electron chi connectivity index (χ0n) is 14.0. The zero-order valence-corrected chi connectivity index (χ0v) is 14.0. The van der Waals surface area contributed by atoms with E-state index in [0.717, 1.165) is 31.4 Å². The molecule has 1 aromatic carbocycles. The molecule has 124 valence electrons. The summed E-state index contributed by atoms with van der Waals surface area (Å²) >= 11 is 0. The van der Waals surface area contributed by atoms with Gasteiger partial charge in [0.2, 0.25) is 0 Å². The fourth-order valence-corrected chi connectivity index (χ4v) is 2.20. The van der Waals surface area contributed by atoms with Gasteiger partial charge in [0, 0.05) is 33.7 Å². The lowest BCUT2D eigenvalue weighted by molar-refractivity contribution is 0.331.